The molecule has 0 aliphatic carbocycles. The quantitative estimate of drug-likeness (QED) is 0.686. The molecule has 0 aromatic carbocycles. The van der Waals surface area contributed by atoms with Gasteiger partial charge in [-0.25, -0.2) is 0 Å². The van der Waals surface area contributed by atoms with E-state index in [0.29, 0.717) is 25.8 Å². The zero-order chi connectivity index (χ0) is 12.6. The summed E-state index contributed by atoms with van der Waals surface area (Å²) in [5, 5.41) is 11.6. The van der Waals surface area contributed by atoms with Gasteiger partial charge in [-0.15, -0.1) is 0 Å². The standard InChI is InChI=1S/C11H16N2O4/c1-6-7(11(16)17)4-5-13(6)10(15)8-2-3-9(14)12-8/h6-8H,2-5H2,1H3,(H,12,14)(H,16,17)/t6?,7?,8-/m0/s1. The van der Waals surface area contributed by atoms with Crippen molar-refractivity contribution >= 4 is 17.8 Å². The van der Waals surface area contributed by atoms with Crippen LogP contribution in [0.1, 0.15) is 26.2 Å². The summed E-state index contributed by atoms with van der Waals surface area (Å²) in [6, 6.07) is -0.755. The van der Waals surface area contributed by atoms with Gasteiger partial charge in [0.15, 0.2) is 0 Å². The number of amides is 2. The molecule has 0 spiro atoms. The molecule has 2 N–H and O–H groups in total. The third-order valence-electron chi connectivity index (χ3n) is 3.65. The van der Waals surface area contributed by atoms with Crippen LogP contribution >= 0.6 is 0 Å². The first-order chi connectivity index (χ1) is 8.00. The van der Waals surface area contributed by atoms with E-state index in [1.165, 1.54) is 0 Å². The number of likely N-dealkylation sites (tertiary alicyclic amines) is 1. The average molecular weight is 240 g/mol. The van der Waals surface area contributed by atoms with Crippen LogP contribution in [0.15, 0.2) is 0 Å². The van der Waals surface area contributed by atoms with Gasteiger partial charge >= 0.3 is 5.97 Å². The van der Waals surface area contributed by atoms with E-state index < -0.39 is 17.9 Å². The molecule has 2 aliphatic heterocycles. The SMILES string of the molecule is CC1C(C(=O)O)CCN1C(=O)[C@@H]1CCC(=O)N1. The molecule has 2 amide bonds. The summed E-state index contributed by atoms with van der Waals surface area (Å²) in [6.45, 7) is 2.21. The first-order valence-electron chi connectivity index (χ1n) is 5.83. The Bertz CT molecular complexity index is 368. The molecule has 0 aromatic rings. The fourth-order valence-electron chi connectivity index (χ4n) is 2.58. The second kappa shape index (κ2) is 4.35. The summed E-state index contributed by atoms with van der Waals surface area (Å²) < 4.78 is 0. The molecule has 0 bridgehead atoms. The van der Waals surface area contributed by atoms with Gasteiger partial charge in [0, 0.05) is 19.0 Å². The molecule has 3 atom stereocenters. The number of carbonyl (C=O) groups excluding carboxylic acids is 2. The summed E-state index contributed by atoms with van der Waals surface area (Å²) in [7, 11) is 0. The van der Waals surface area contributed by atoms with Crippen molar-refractivity contribution in [1.82, 2.24) is 10.2 Å². The molecule has 17 heavy (non-hydrogen) atoms. The van der Waals surface area contributed by atoms with Crippen LogP contribution in [0.5, 0.6) is 0 Å². The molecule has 94 valence electrons. The third-order valence-corrected chi connectivity index (χ3v) is 3.65. The summed E-state index contributed by atoms with van der Waals surface area (Å²) in [5.41, 5.74) is 0. The topological polar surface area (TPSA) is 86.7 Å². The minimum atomic E-state index is -0.858. The second-order valence-corrected chi connectivity index (χ2v) is 4.66. The number of nitrogens with zero attached hydrogens (tertiary/aromatic N) is 1. The summed E-state index contributed by atoms with van der Waals surface area (Å²) >= 11 is 0. The number of aliphatic carboxylic acids is 1. The van der Waals surface area contributed by atoms with Crippen molar-refractivity contribution in [3.8, 4) is 0 Å². The molecule has 6 nitrogen and oxygen atoms in total. The monoisotopic (exact) mass is 240 g/mol. The average Bonchev–Trinajstić information content (AvgIpc) is 2.83. The number of carboxylic acid groups (broad SMARTS) is 1. The predicted molar refractivity (Wildman–Crippen MR) is 58.1 cm³/mol. The predicted octanol–water partition coefficient (Wildman–Crippen LogP) is -0.413. The van der Waals surface area contributed by atoms with E-state index >= 15 is 0 Å². The van der Waals surface area contributed by atoms with E-state index in [2.05, 4.69) is 5.32 Å². The van der Waals surface area contributed by atoms with Crippen LogP contribution in [-0.2, 0) is 14.4 Å². The first kappa shape index (κ1) is 11.9. The number of nitrogens with one attached hydrogen (secondary N) is 1. The maximum atomic E-state index is 12.1. The molecular weight excluding hydrogens is 224 g/mol. The summed E-state index contributed by atoms with van der Waals surface area (Å²) in [4.78, 5) is 35.7. The van der Waals surface area contributed by atoms with Crippen LogP contribution in [0, 0.1) is 5.92 Å². The zero-order valence-electron chi connectivity index (χ0n) is 9.68. The molecule has 2 aliphatic rings. The number of hydrogen-bond acceptors (Lipinski definition) is 3. The lowest BCUT2D eigenvalue weighted by Crippen LogP contribution is -2.47. The van der Waals surface area contributed by atoms with Crippen molar-refractivity contribution in [1.29, 1.82) is 0 Å². The maximum Gasteiger partial charge on any atom is 0.308 e. The van der Waals surface area contributed by atoms with Gasteiger partial charge in [-0.05, 0) is 19.8 Å². The Morgan fingerprint density at radius 3 is 2.59 bits per heavy atom. The Morgan fingerprint density at radius 2 is 2.12 bits per heavy atom. The minimum Gasteiger partial charge on any atom is -0.481 e. The highest BCUT2D eigenvalue weighted by Crippen LogP contribution is 2.26. The Balaban J connectivity index is 2.01. The van der Waals surface area contributed by atoms with Gasteiger partial charge in [0.2, 0.25) is 11.8 Å². The van der Waals surface area contributed by atoms with E-state index in [4.69, 9.17) is 5.11 Å². The highest BCUT2D eigenvalue weighted by atomic mass is 16.4. The summed E-state index contributed by atoms with van der Waals surface area (Å²) in [5.74, 6) is -1.60. The van der Waals surface area contributed by atoms with Crippen LogP contribution in [0.25, 0.3) is 0 Å². The van der Waals surface area contributed by atoms with Crippen molar-refractivity contribution in [2.75, 3.05) is 6.54 Å². The van der Waals surface area contributed by atoms with E-state index in [1.807, 2.05) is 0 Å². The maximum absolute atomic E-state index is 12.1. The number of rotatable bonds is 2. The highest BCUT2D eigenvalue weighted by molar-refractivity contribution is 5.91. The van der Waals surface area contributed by atoms with E-state index in [9.17, 15) is 14.4 Å². The molecule has 0 aromatic heterocycles. The zero-order valence-corrected chi connectivity index (χ0v) is 9.68. The summed E-state index contributed by atoms with van der Waals surface area (Å²) in [6.07, 6.45) is 1.38. The van der Waals surface area contributed by atoms with Gasteiger partial charge in [-0.3, -0.25) is 14.4 Å². The lowest BCUT2D eigenvalue weighted by Gasteiger charge is -2.26. The number of hydrogen-bond donors (Lipinski definition) is 2. The molecule has 2 rings (SSSR count). The Kier molecular flexibility index (Phi) is 3.04. The van der Waals surface area contributed by atoms with E-state index in [-0.39, 0.29) is 17.9 Å². The van der Waals surface area contributed by atoms with Gasteiger partial charge < -0.3 is 15.3 Å². The molecule has 2 fully saturated rings. The van der Waals surface area contributed by atoms with Crippen molar-refractivity contribution in [2.45, 2.75) is 38.3 Å². The van der Waals surface area contributed by atoms with E-state index in [1.54, 1.807) is 11.8 Å². The van der Waals surface area contributed by atoms with Gasteiger partial charge in [0.1, 0.15) is 6.04 Å². The van der Waals surface area contributed by atoms with Crippen LogP contribution in [0.3, 0.4) is 0 Å². The lowest BCUT2D eigenvalue weighted by atomic mass is 10.0. The van der Waals surface area contributed by atoms with E-state index in [0.717, 1.165) is 0 Å². The van der Waals surface area contributed by atoms with Crippen LogP contribution < -0.4 is 5.32 Å². The van der Waals surface area contributed by atoms with Crippen molar-refractivity contribution in [3.05, 3.63) is 0 Å². The lowest BCUT2D eigenvalue weighted by molar-refractivity contribution is -0.143. The van der Waals surface area contributed by atoms with Gasteiger partial charge in [0.25, 0.3) is 0 Å². The molecule has 0 radical (unpaired) electrons. The van der Waals surface area contributed by atoms with Crippen LogP contribution in [0.4, 0.5) is 0 Å². The van der Waals surface area contributed by atoms with Crippen molar-refractivity contribution < 1.29 is 19.5 Å². The fourth-order valence-corrected chi connectivity index (χ4v) is 2.58. The van der Waals surface area contributed by atoms with Gasteiger partial charge in [-0.1, -0.05) is 0 Å². The minimum absolute atomic E-state index is 0.106. The van der Waals surface area contributed by atoms with Gasteiger partial charge in [-0.2, -0.15) is 0 Å². The molecule has 2 heterocycles. The number of carboxylic acids is 1. The molecule has 6 heteroatoms. The van der Waals surface area contributed by atoms with Crippen molar-refractivity contribution in [2.24, 2.45) is 5.92 Å². The third kappa shape index (κ3) is 2.11. The largest absolute Gasteiger partial charge is 0.481 e. The van der Waals surface area contributed by atoms with Crippen LogP contribution in [-0.4, -0.2) is 46.4 Å². The molecule has 2 unspecified atom stereocenters. The van der Waals surface area contributed by atoms with Crippen molar-refractivity contribution in [3.63, 3.8) is 0 Å². The Morgan fingerprint density at radius 1 is 1.41 bits per heavy atom. The molecule has 0 saturated carbocycles. The molecular formula is C11H16N2O4. The van der Waals surface area contributed by atoms with Gasteiger partial charge in [0.05, 0.1) is 5.92 Å². The first-order valence-corrected chi connectivity index (χ1v) is 5.83. The fraction of sp³-hybridized carbons (Fsp3) is 0.727. The highest BCUT2D eigenvalue weighted by Gasteiger charge is 2.41. The number of carbonyl (C=O) groups is 3. The smallest absolute Gasteiger partial charge is 0.308 e. The Hall–Kier alpha value is -1.59. The normalized spacial score (nSPS) is 32.6. The Labute approximate surface area is 99.0 Å². The molecule has 2 saturated heterocycles. The van der Waals surface area contributed by atoms with Crippen LogP contribution in [0.2, 0.25) is 0 Å². The second-order valence-electron chi connectivity index (χ2n) is 4.66.